The molecular formula is C20H30N2O3S. The van der Waals surface area contributed by atoms with Crippen LogP contribution < -0.4 is 5.32 Å². The smallest absolute Gasteiger partial charge is 0.251 e. The van der Waals surface area contributed by atoms with Gasteiger partial charge < -0.3 is 5.32 Å². The molecule has 1 aromatic carbocycles. The molecule has 0 radical (unpaired) electrons. The van der Waals surface area contributed by atoms with Crippen molar-refractivity contribution in [3.8, 4) is 0 Å². The number of rotatable bonds is 5. The molecular weight excluding hydrogens is 348 g/mol. The molecule has 0 aromatic heterocycles. The molecule has 2 atom stereocenters. The van der Waals surface area contributed by atoms with Crippen molar-refractivity contribution < 1.29 is 13.2 Å². The summed E-state index contributed by atoms with van der Waals surface area (Å²) in [5, 5.41) is 2.80. The molecule has 1 aromatic rings. The third-order valence-electron chi connectivity index (χ3n) is 5.61. The van der Waals surface area contributed by atoms with Gasteiger partial charge in [-0.1, -0.05) is 33.8 Å². The van der Waals surface area contributed by atoms with Crippen molar-refractivity contribution in [2.24, 2.45) is 10.8 Å². The van der Waals surface area contributed by atoms with Crippen LogP contribution in [0, 0.1) is 10.8 Å². The first-order valence-electron chi connectivity index (χ1n) is 9.46. The second kappa shape index (κ2) is 6.64. The summed E-state index contributed by atoms with van der Waals surface area (Å²) >= 11 is 0. The van der Waals surface area contributed by atoms with Crippen molar-refractivity contribution >= 4 is 15.9 Å². The number of carbonyl (C=O) groups is 1. The molecule has 0 spiro atoms. The standard InChI is InChI=1S/C20H30N2O3S/c1-5-9-21-18(23)15-7-6-8-17(10-15)26(24,25)22-14-20(4)12-16(22)11-19(2,3)13-20/h6-8,10,16H,5,9,11-14H2,1-4H3,(H,21,23)/t16-,20-/m0/s1. The van der Waals surface area contributed by atoms with Gasteiger partial charge in [0.25, 0.3) is 5.91 Å². The van der Waals surface area contributed by atoms with E-state index in [1.165, 1.54) is 6.07 Å². The van der Waals surface area contributed by atoms with E-state index in [4.69, 9.17) is 0 Å². The van der Waals surface area contributed by atoms with Crippen LogP contribution in [0.4, 0.5) is 0 Å². The zero-order chi connectivity index (χ0) is 19.2. The number of hydrogen-bond acceptors (Lipinski definition) is 3. The van der Waals surface area contributed by atoms with Gasteiger partial charge in [0.05, 0.1) is 4.90 Å². The number of fused-ring (bicyclic) bond motifs is 2. The summed E-state index contributed by atoms with van der Waals surface area (Å²) in [5.74, 6) is -0.225. The maximum atomic E-state index is 13.3. The number of nitrogens with zero attached hydrogens (tertiary/aromatic N) is 1. The van der Waals surface area contributed by atoms with E-state index < -0.39 is 10.0 Å². The lowest BCUT2D eigenvalue weighted by atomic mass is 9.65. The first-order valence-corrected chi connectivity index (χ1v) is 10.9. The molecule has 144 valence electrons. The summed E-state index contributed by atoms with van der Waals surface area (Å²) in [5.41, 5.74) is 0.590. The molecule has 1 amide bonds. The van der Waals surface area contributed by atoms with Gasteiger partial charge in [0.2, 0.25) is 10.0 Å². The van der Waals surface area contributed by atoms with Crippen molar-refractivity contribution in [3.63, 3.8) is 0 Å². The Hall–Kier alpha value is -1.40. The lowest BCUT2D eigenvalue weighted by Crippen LogP contribution is -2.37. The van der Waals surface area contributed by atoms with Crippen molar-refractivity contribution in [1.82, 2.24) is 9.62 Å². The van der Waals surface area contributed by atoms with Crippen LogP contribution in [0.15, 0.2) is 29.2 Å². The van der Waals surface area contributed by atoms with E-state index in [1.807, 2.05) is 6.92 Å². The molecule has 6 heteroatoms. The highest BCUT2D eigenvalue weighted by Crippen LogP contribution is 2.53. The molecule has 2 fully saturated rings. The summed E-state index contributed by atoms with van der Waals surface area (Å²) in [6.07, 6.45) is 3.69. The first kappa shape index (κ1) is 19.4. The minimum Gasteiger partial charge on any atom is -0.352 e. The first-order chi connectivity index (χ1) is 12.1. The van der Waals surface area contributed by atoms with Gasteiger partial charge in [-0.15, -0.1) is 0 Å². The zero-order valence-corrected chi connectivity index (χ0v) is 17.0. The maximum absolute atomic E-state index is 13.3. The van der Waals surface area contributed by atoms with E-state index in [2.05, 4.69) is 26.1 Å². The van der Waals surface area contributed by atoms with E-state index in [9.17, 15) is 13.2 Å². The van der Waals surface area contributed by atoms with Crippen molar-refractivity contribution in [2.75, 3.05) is 13.1 Å². The van der Waals surface area contributed by atoms with Crippen molar-refractivity contribution in [2.45, 2.75) is 64.3 Å². The fourth-order valence-corrected chi connectivity index (χ4v) is 6.78. The third-order valence-corrected chi connectivity index (χ3v) is 7.50. The lowest BCUT2D eigenvalue weighted by molar-refractivity contribution is 0.0953. The third kappa shape index (κ3) is 3.67. The predicted octanol–water partition coefficient (Wildman–Crippen LogP) is 3.42. The van der Waals surface area contributed by atoms with Gasteiger partial charge in [-0.05, 0) is 54.7 Å². The van der Waals surface area contributed by atoms with E-state index >= 15 is 0 Å². The normalized spacial score (nSPS) is 28.1. The molecule has 0 unspecified atom stereocenters. The molecule has 1 saturated heterocycles. The number of benzene rings is 1. The predicted molar refractivity (Wildman–Crippen MR) is 102 cm³/mol. The van der Waals surface area contributed by atoms with Crippen LogP contribution in [0.5, 0.6) is 0 Å². The van der Waals surface area contributed by atoms with Crippen LogP contribution >= 0.6 is 0 Å². The lowest BCUT2D eigenvalue weighted by Gasteiger charge is -2.39. The number of amides is 1. The maximum Gasteiger partial charge on any atom is 0.251 e. The Bertz CT molecular complexity index is 803. The molecule has 3 rings (SSSR count). The molecule has 1 heterocycles. The Balaban J connectivity index is 1.89. The topological polar surface area (TPSA) is 66.5 Å². The van der Waals surface area contributed by atoms with Gasteiger partial charge in [0.1, 0.15) is 0 Å². The summed E-state index contributed by atoms with van der Waals surface area (Å²) in [4.78, 5) is 12.4. The Morgan fingerprint density at radius 1 is 1.27 bits per heavy atom. The van der Waals surface area contributed by atoms with Crippen LogP contribution in [0.3, 0.4) is 0 Å². The molecule has 2 aliphatic rings. The second-order valence-corrected chi connectivity index (χ2v) is 10.9. The Kier molecular flexibility index (Phi) is 4.95. The molecule has 26 heavy (non-hydrogen) atoms. The average Bonchev–Trinajstić information content (AvgIpc) is 2.82. The molecule has 1 aliphatic heterocycles. The summed E-state index contributed by atoms with van der Waals surface area (Å²) < 4.78 is 28.3. The Morgan fingerprint density at radius 3 is 2.69 bits per heavy atom. The number of carbonyl (C=O) groups excluding carboxylic acids is 1. The van der Waals surface area contributed by atoms with Crippen LogP contribution in [0.2, 0.25) is 0 Å². The van der Waals surface area contributed by atoms with E-state index in [-0.39, 0.29) is 27.7 Å². The minimum absolute atomic E-state index is 0.0373. The van der Waals surface area contributed by atoms with Gasteiger partial charge in [-0.25, -0.2) is 8.42 Å². The SMILES string of the molecule is CCCNC(=O)c1cccc(S(=O)(=O)N2C[C@@]3(C)C[C@@H]2CC(C)(C)C3)c1. The van der Waals surface area contributed by atoms with Gasteiger partial charge in [-0.3, -0.25) is 4.79 Å². The Labute approximate surface area is 157 Å². The van der Waals surface area contributed by atoms with Gasteiger partial charge in [0, 0.05) is 24.7 Å². The zero-order valence-electron chi connectivity index (χ0n) is 16.2. The van der Waals surface area contributed by atoms with Gasteiger partial charge in [0.15, 0.2) is 0 Å². The molecule has 2 bridgehead atoms. The molecule has 1 saturated carbocycles. The van der Waals surface area contributed by atoms with Crippen LogP contribution in [-0.2, 0) is 10.0 Å². The highest BCUT2D eigenvalue weighted by molar-refractivity contribution is 7.89. The van der Waals surface area contributed by atoms with Crippen LogP contribution in [0.1, 0.15) is 63.7 Å². The highest BCUT2D eigenvalue weighted by Gasteiger charge is 2.53. The van der Waals surface area contributed by atoms with E-state index in [0.29, 0.717) is 18.7 Å². The second-order valence-electron chi connectivity index (χ2n) is 9.05. The number of sulfonamides is 1. The van der Waals surface area contributed by atoms with Gasteiger partial charge >= 0.3 is 0 Å². The highest BCUT2D eigenvalue weighted by atomic mass is 32.2. The monoisotopic (exact) mass is 378 g/mol. The summed E-state index contributed by atoms with van der Waals surface area (Å²) in [6.45, 7) is 9.78. The van der Waals surface area contributed by atoms with Crippen molar-refractivity contribution in [1.29, 1.82) is 0 Å². The van der Waals surface area contributed by atoms with Crippen LogP contribution in [-0.4, -0.2) is 37.8 Å². The molecule has 5 nitrogen and oxygen atoms in total. The average molecular weight is 379 g/mol. The minimum atomic E-state index is -3.60. The van der Waals surface area contributed by atoms with Crippen molar-refractivity contribution in [3.05, 3.63) is 29.8 Å². The molecule has 1 aliphatic carbocycles. The van der Waals surface area contributed by atoms with E-state index in [0.717, 1.165) is 25.7 Å². The largest absolute Gasteiger partial charge is 0.352 e. The number of hydrogen-bond donors (Lipinski definition) is 1. The fourth-order valence-electron chi connectivity index (χ4n) is 4.96. The summed E-state index contributed by atoms with van der Waals surface area (Å²) in [7, 11) is -3.60. The fraction of sp³-hybridized carbons (Fsp3) is 0.650. The van der Waals surface area contributed by atoms with Crippen LogP contribution in [0.25, 0.3) is 0 Å². The van der Waals surface area contributed by atoms with E-state index in [1.54, 1.807) is 22.5 Å². The Morgan fingerprint density at radius 2 is 2.00 bits per heavy atom. The molecule has 1 N–H and O–H groups in total. The summed E-state index contributed by atoms with van der Waals surface area (Å²) in [6, 6.07) is 6.47. The van der Waals surface area contributed by atoms with Gasteiger partial charge in [-0.2, -0.15) is 4.31 Å². The number of nitrogens with one attached hydrogen (secondary N) is 1. The quantitative estimate of drug-likeness (QED) is 0.854.